The Kier molecular flexibility index (Phi) is 3.05. The summed E-state index contributed by atoms with van der Waals surface area (Å²) in [7, 11) is 0. The van der Waals surface area contributed by atoms with Crippen molar-refractivity contribution < 1.29 is 5.11 Å². The summed E-state index contributed by atoms with van der Waals surface area (Å²) >= 11 is 1.54. The molecule has 0 aliphatic heterocycles. The van der Waals surface area contributed by atoms with Crippen LogP contribution in [0.4, 0.5) is 0 Å². The molecule has 0 bridgehead atoms. The number of benzene rings is 2. The number of thiazole rings is 1. The van der Waals surface area contributed by atoms with Gasteiger partial charge in [0.05, 0.1) is 11.3 Å². The number of phenolic OH excluding ortho intramolecular Hbond substituents is 1. The van der Waals surface area contributed by atoms with Crippen LogP contribution in [0, 0.1) is 6.92 Å². The molecule has 0 spiro atoms. The molecule has 19 heavy (non-hydrogen) atoms. The van der Waals surface area contributed by atoms with Gasteiger partial charge in [-0.3, -0.25) is 0 Å². The maximum Gasteiger partial charge on any atom is 0.127 e. The van der Waals surface area contributed by atoms with Crippen LogP contribution in [0.1, 0.15) is 5.56 Å². The molecule has 94 valence electrons. The van der Waals surface area contributed by atoms with Crippen molar-refractivity contribution in [2.75, 3.05) is 0 Å². The lowest BCUT2D eigenvalue weighted by atomic mass is 10.1. The Morgan fingerprint density at radius 2 is 1.74 bits per heavy atom. The number of aromatic hydroxyl groups is 1. The van der Waals surface area contributed by atoms with E-state index in [4.69, 9.17) is 0 Å². The van der Waals surface area contributed by atoms with Gasteiger partial charge in [-0.1, -0.05) is 42.0 Å². The van der Waals surface area contributed by atoms with Gasteiger partial charge in [0.15, 0.2) is 0 Å². The molecule has 0 fully saturated rings. The molecule has 0 saturated carbocycles. The molecule has 0 aliphatic rings. The van der Waals surface area contributed by atoms with Gasteiger partial charge in [-0.2, -0.15) is 0 Å². The Hall–Kier alpha value is -2.13. The summed E-state index contributed by atoms with van der Waals surface area (Å²) in [6, 6.07) is 15.6. The molecular weight excluding hydrogens is 254 g/mol. The minimum Gasteiger partial charge on any atom is -0.507 e. The average Bonchev–Trinajstić information content (AvgIpc) is 2.89. The van der Waals surface area contributed by atoms with Crippen LogP contribution in [0.5, 0.6) is 5.75 Å². The summed E-state index contributed by atoms with van der Waals surface area (Å²) in [5.74, 6) is 0.271. The first-order valence-corrected chi connectivity index (χ1v) is 6.93. The van der Waals surface area contributed by atoms with Crippen molar-refractivity contribution in [1.82, 2.24) is 4.98 Å². The Balaban J connectivity index is 2.00. The van der Waals surface area contributed by atoms with Crippen LogP contribution >= 0.6 is 11.3 Å². The van der Waals surface area contributed by atoms with E-state index < -0.39 is 0 Å². The summed E-state index contributed by atoms with van der Waals surface area (Å²) in [6.07, 6.45) is 0. The van der Waals surface area contributed by atoms with Crippen LogP contribution in [-0.4, -0.2) is 10.1 Å². The molecule has 2 aromatic carbocycles. The highest BCUT2D eigenvalue weighted by atomic mass is 32.1. The lowest BCUT2D eigenvalue weighted by Crippen LogP contribution is -1.80. The van der Waals surface area contributed by atoms with E-state index in [1.807, 2.05) is 23.6 Å². The summed E-state index contributed by atoms with van der Waals surface area (Å²) in [6.45, 7) is 2.07. The van der Waals surface area contributed by atoms with Crippen LogP contribution in [0.2, 0.25) is 0 Å². The topological polar surface area (TPSA) is 33.1 Å². The molecule has 0 amide bonds. The monoisotopic (exact) mass is 267 g/mol. The molecule has 3 rings (SSSR count). The highest BCUT2D eigenvalue weighted by molar-refractivity contribution is 7.13. The molecule has 1 N–H and O–H groups in total. The number of phenols is 1. The van der Waals surface area contributed by atoms with E-state index in [1.54, 1.807) is 17.4 Å². The number of para-hydroxylation sites is 1. The van der Waals surface area contributed by atoms with E-state index in [0.29, 0.717) is 0 Å². The predicted octanol–water partition coefficient (Wildman–Crippen LogP) is 4.49. The first-order valence-electron chi connectivity index (χ1n) is 6.05. The van der Waals surface area contributed by atoms with Gasteiger partial charge in [-0.05, 0) is 19.1 Å². The van der Waals surface area contributed by atoms with Crippen molar-refractivity contribution >= 4 is 11.3 Å². The standard InChI is InChI=1S/C16H13NOS/c1-11-6-8-12(9-7-11)14-10-19-16(17-14)13-4-2-3-5-15(13)18/h2-10,18H,1H3. The molecule has 0 radical (unpaired) electrons. The number of hydrogen-bond acceptors (Lipinski definition) is 3. The maximum absolute atomic E-state index is 9.85. The second-order valence-corrected chi connectivity index (χ2v) is 5.28. The summed E-state index contributed by atoms with van der Waals surface area (Å²) in [4.78, 5) is 4.60. The van der Waals surface area contributed by atoms with Gasteiger partial charge in [-0.25, -0.2) is 4.98 Å². The van der Waals surface area contributed by atoms with Gasteiger partial charge < -0.3 is 5.11 Å². The van der Waals surface area contributed by atoms with Crippen molar-refractivity contribution in [1.29, 1.82) is 0 Å². The number of nitrogens with zero attached hydrogens (tertiary/aromatic N) is 1. The third kappa shape index (κ3) is 2.37. The van der Waals surface area contributed by atoms with Gasteiger partial charge in [0, 0.05) is 10.9 Å². The third-order valence-electron chi connectivity index (χ3n) is 2.99. The van der Waals surface area contributed by atoms with Crippen molar-refractivity contribution in [3.63, 3.8) is 0 Å². The zero-order valence-electron chi connectivity index (χ0n) is 10.5. The molecule has 2 nitrogen and oxygen atoms in total. The van der Waals surface area contributed by atoms with Gasteiger partial charge in [0.2, 0.25) is 0 Å². The average molecular weight is 267 g/mol. The first-order chi connectivity index (χ1) is 9.24. The van der Waals surface area contributed by atoms with E-state index in [0.717, 1.165) is 21.8 Å². The van der Waals surface area contributed by atoms with Crippen LogP contribution in [0.25, 0.3) is 21.8 Å². The lowest BCUT2D eigenvalue weighted by molar-refractivity contribution is 0.477. The van der Waals surface area contributed by atoms with Gasteiger partial charge in [0.1, 0.15) is 10.8 Å². The summed E-state index contributed by atoms with van der Waals surface area (Å²) < 4.78 is 0. The highest BCUT2D eigenvalue weighted by Crippen LogP contribution is 2.33. The first kappa shape index (κ1) is 11.9. The third-order valence-corrected chi connectivity index (χ3v) is 3.86. The van der Waals surface area contributed by atoms with E-state index in [2.05, 4.69) is 36.2 Å². The minimum absolute atomic E-state index is 0.271. The van der Waals surface area contributed by atoms with E-state index in [-0.39, 0.29) is 5.75 Å². The molecule has 1 heterocycles. The molecule has 3 aromatic rings. The zero-order valence-corrected chi connectivity index (χ0v) is 11.3. The molecule has 0 unspecified atom stereocenters. The number of hydrogen-bond donors (Lipinski definition) is 1. The fourth-order valence-electron chi connectivity index (χ4n) is 1.91. The van der Waals surface area contributed by atoms with Crippen LogP contribution in [-0.2, 0) is 0 Å². The quantitative estimate of drug-likeness (QED) is 0.742. The molecule has 3 heteroatoms. The highest BCUT2D eigenvalue weighted by Gasteiger charge is 2.09. The molecule has 0 saturated heterocycles. The van der Waals surface area contributed by atoms with Crippen molar-refractivity contribution in [2.24, 2.45) is 0 Å². The van der Waals surface area contributed by atoms with Crippen molar-refractivity contribution in [2.45, 2.75) is 6.92 Å². The second kappa shape index (κ2) is 4.86. The molecular formula is C16H13NOS. The molecule has 0 atom stereocenters. The Morgan fingerprint density at radius 3 is 2.47 bits per heavy atom. The second-order valence-electron chi connectivity index (χ2n) is 4.42. The van der Waals surface area contributed by atoms with E-state index in [1.165, 1.54) is 5.56 Å². The van der Waals surface area contributed by atoms with Crippen molar-refractivity contribution in [3.05, 3.63) is 59.5 Å². The summed E-state index contributed by atoms with van der Waals surface area (Å²) in [5.41, 5.74) is 4.07. The lowest BCUT2D eigenvalue weighted by Gasteiger charge is -2.00. The zero-order chi connectivity index (χ0) is 13.2. The number of rotatable bonds is 2. The maximum atomic E-state index is 9.85. The van der Waals surface area contributed by atoms with Gasteiger partial charge in [-0.15, -0.1) is 11.3 Å². The number of aromatic nitrogens is 1. The SMILES string of the molecule is Cc1ccc(-c2csc(-c3ccccc3O)n2)cc1. The Morgan fingerprint density at radius 1 is 1.00 bits per heavy atom. The van der Waals surface area contributed by atoms with Crippen LogP contribution in [0.3, 0.4) is 0 Å². The molecule has 1 aromatic heterocycles. The fourth-order valence-corrected chi connectivity index (χ4v) is 2.77. The van der Waals surface area contributed by atoms with Gasteiger partial charge in [0.25, 0.3) is 0 Å². The minimum atomic E-state index is 0.271. The number of aryl methyl sites for hydroxylation is 1. The van der Waals surface area contributed by atoms with E-state index in [9.17, 15) is 5.11 Å². The van der Waals surface area contributed by atoms with Gasteiger partial charge >= 0.3 is 0 Å². The van der Waals surface area contributed by atoms with Crippen molar-refractivity contribution in [3.8, 4) is 27.6 Å². The Labute approximate surface area is 116 Å². The smallest absolute Gasteiger partial charge is 0.127 e. The normalized spacial score (nSPS) is 10.6. The summed E-state index contributed by atoms with van der Waals surface area (Å²) in [5, 5.41) is 12.7. The largest absolute Gasteiger partial charge is 0.507 e. The Bertz CT molecular complexity index is 701. The fraction of sp³-hybridized carbons (Fsp3) is 0.0625. The van der Waals surface area contributed by atoms with Crippen LogP contribution in [0.15, 0.2) is 53.9 Å². The molecule has 0 aliphatic carbocycles. The predicted molar refractivity (Wildman–Crippen MR) is 79.4 cm³/mol. The van der Waals surface area contributed by atoms with Crippen LogP contribution < -0.4 is 0 Å². The van der Waals surface area contributed by atoms with E-state index >= 15 is 0 Å².